The normalized spacial score (nSPS) is 24.2. The Labute approximate surface area is 247 Å². The number of nitrogens with one attached hydrogen (secondary N) is 2. The first kappa shape index (κ1) is 30.1. The Morgan fingerprint density at radius 3 is 2.55 bits per heavy atom. The van der Waals surface area contributed by atoms with Crippen LogP contribution in [-0.2, 0) is 19.6 Å². The van der Waals surface area contributed by atoms with Gasteiger partial charge in [0.2, 0.25) is 0 Å². The third-order valence-electron chi connectivity index (χ3n) is 7.97. The number of amides is 2. The van der Waals surface area contributed by atoms with Crippen LogP contribution >= 0.6 is 0 Å². The van der Waals surface area contributed by atoms with Gasteiger partial charge in [-0.15, -0.1) is 0 Å². The zero-order valence-electron chi connectivity index (χ0n) is 25.6. The molecular formula is C30H44N8O4. The molecule has 4 N–H and O–H groups in total. The minimum absolute atomic E-state index is 0.0266. The molecule has 2 fully saturated rings. The van der Waals surface area contributed by atoms with Gasteiger partial charge in [-0.05, 0) is 63.4 Å². The third kappa shape index (κ3) is 6.51. The maximum atomic E-state index is 12.7. The molecule has 3 aromatic rings. The van der Waals surface area contributed by atoms with E-state index in [1.165, 1.54) is 11.9 Å². The molecule has 4 heterocycles. The van der Waals surface area contributed by atoms with Gasteiger partial charge in [0.05, 0.1) is 6.33 Å². The minimum atomic E-state index is -0.740. The molecule has 2 aromatic heterocycles. The first-order valence-corrected chi connectivity index (χ1v) is 14.7. The predicted molar refractivity (Wildman–Crippen MR) is 161 cm³/mol. The molecule has 12 heteroatoms. The van der Waals surface area contributed by atoms with Gasteiger partial charge in [-0.1, -0.05) is 39.8 Å². The van der Waals surface area contributed by atoms with Crippen molar-refractivity contribution in [3.05, 3.63) is 42.5 Å². The van der Waals surface area contributed by atoms with Crippen LogP contribution in [0.2, 0.25) is 0 Å². The molecule has 0 bridgehead atoms. The number of nitrogens with two attached hydrogens (primary N) is 1. The summed E-state index contributed by atoms with van der Waals surface area (Å²) in [5, 5.41) is 6.08. The second kappa shape index (κ2) is 11.8. The van der Waals surface area contributed by atoms with Crippen LogP contribution in [-0.4, -0.2) is 80.7 Å². The molecule has 0 aliphatic carbocycles. The van der Waals surface area contributed by atoms with E-state index in [2.05, 4.69) is 77.4 Å². The summed E-state index contributed by atoms with van der Waals surface area (Å²) in [5.41, 5.74) is 9.19. The van der Waals surface area contributed by atoms with E-state index in [9.17, 15) is 4.79 Å². The van der Waals surface area contributed by atoms with E-state index in [-0.39, 0.29) is 35.8 Å². The molecule has 0 spiro atoms. The number of carbonyl (C=O) groups excluding carboxylic acids is 1. The van der Waals surface area contributed by atoms with Crippen LogP contribution < -0.4 is 16.4 Å². The molecule has 2 amide bonds. The number of nitrogen functional groups attached to an aromatic ring is 1. The molecular weight excluding hydrogens is 536 g/mol. The highest BCUT2D eigenvalue weighted by atomic mass is 16.8. The Kier molecular flexibility index (Phi) is 8.44. The van der Waals surface area contributed by atoms with Crippen molar-refractivity contribution in [2.75, 3.05) is 31.2 Å². The van der Waals surface area contributed by atoms with E-state index in [0.29, 0.717) is 23.5 Å². The van der Waals surface area contributed by atoms with Crippen molar-refractivity contribution in [3.63, 3.8) is 0 Å². The van der Waals surface area contributed by atoms with E-state index in [0.717, 1.165) is 25.1 Å². The summed E-state index contributed by atoms with van der Waals surface area (Å²) in [7, 11) is 2.05. The smallest absolute Gasteiger partial charge is 0.319 e. The molecule has 5 rings (SSSR count). The Balaban J connectivity index is 1.17. The van der Waals surface area contributed by atoms with Gasteiger partial charge in [-0.3, -0.25) is 4.57 Å². The lowest BCUT2D eigenvalue weighted by Crippen LogP contribution is -2.42. The Bertz CT molecular complexity index is 1390. The number of fused-ring (bicyclic) bond motifs is 2. The number of nitrogens with zero attached hydrogens (tertiary/aromatic N) is 5. The van der Waals surface area contributed by atoms with Gasteiger partial charge < -0.3 is 35.5 Å². The number of aromatic nitrogens is 4. The molecule has 12 nitrogen and oxygen atoms in total. The van der Waals surface area contributed by atoms with Crippen molar-refractivity contribution in [2.24, 2.45) is 0 Å². The fourth-order valence-electron chi connectivity index (χ4n) is 5.65. The zero-order valence-corrected chi connectivity index (χ0v) is 25.6. The second-order valence-corrected chi connectivity index (χ2v) is 12.8. The van der Waals surface area contributed by atoms with Gasteiger partial charge >= 0.3 is 6.03 Å². The number of benzene rings is 1. The molecule has 2 aliphatic rings. The summed E-state index contributed by atoms with van der Waals surface area (Å²) in [5.74, 6) is -0.421. The highest BCUT2D eigenvalue weighted by Gasteiger charge is 2.56. The predicted octanol–water partition coefficient (Wildman–Crippen LogP) is 4.05. The Hall–Kier alpha value is -3.32. The summed E-state index contributed by atoms with van der Waals surface area (Å²) >= 11 is 0. The van der Waals surface area contributed by atoms with Gasteiger partial charge in [0.15, 0.2) is 23.5 Å². The monoisotopic (exact) mass is 580 g/mol. The lowest BCUT2D eigenvalue weighted by Gasteiger charge is -2.28. The first-order valence-electron chi connectivity index (χ1n) is 14.7. The summed E-state index contributed by atoms with van der Waals surface area (Å²) in [4.78, 5) is 27.8. The minimum Gasteiger partial charge on any atom is -0.382 e. The number of anilines is 2. The lowest BCUT2D eigenvalue weighted by atomic mass is 9.87. The number of imidazole rings is 1. The fraction of sp³-hybridized carbons (Fsp3) is 0.600. The second-order valence-electron chi connectivity index (χ2n) is 12.8. The first-order chi connectivity index (χ1) is 19.8. The molecule has 2 aliphatic heterocycles. The van der Waals surface area contributed by atoms with Crippen molar-refractivity contribution in [2.45, 2.75) is 96.2 Å². The van der Waals surface area contributed by atoms with Gasteiger partial charge in [0, 0.05) is 18.3 Å². The van der Waals surface area contributed by atoms with Gasteiger partial charge in [-0.2, -0.15) is 0 Å². The topological polar surface area (TPSA) is 142 Å². The van der Waals surface area contributed by atoms with Crippen LogP contribution in [0.4, 0.5) is 16.3 Å². The fourth-order valence-corrected chi connectivity index (χ4v) is 5.65. The average Bonchev–Trinajstić information content (AvgIpc) is 3.58. The van der Waals surface area contributed by atoms with Crippen LogP contribution in [0, 0.1) is 0 Å². The maximum Gasteiger partial charge on any atom is 0.319 e. The van der Waals surface area contributed by atoms with Crippen molar-refractivity contribution >= 4 is 28.7 Å². The SMILES string of the molecule is CCC(CCN(C)C[C@H]1O[C@@H](n2cnc3c(N)ncnc32)[C@@H]2OC(C)(C)O[C@@H]21)NC(=O)Nc1ccc(C(C)(C)C)cc1. The molecule has 2 saturated heterocycles. The molecule has 228 valence electrons. The third-order valence-corrected chi connectivity index (χ3v) is 7.97. The van der Waals surface area contributed by atoms with Crippen molar-refractivity contribution < 1.29 is 19.0 Å². The number of rotatable bonds is 9. The summed E-state index contributed by atoms with van der Waals surface area (Å²) < 4.78 is 21.0. The number of hydrogen-bond donors (Lipinski definition) is 3. The van der Waals surface area contributed by atoms with E-state index in [4.69, 9.17) is 19.9 Å². The van der Waals surface area contributed by atoms with Crippen LogP contribution in [0.25, 0.3) is 11.2 Å². The van der Waals surface area contributed by atoms with E-state index in [1.807, 2.05) is 30.5 Å². The Morgan fingerprint density at radius 2 is 1.86 bits per heavy atom. The summed E-state index contributed by atoms with van der Waals surface area (Å²) in [6.45, 7) is 13.8. The number of likely N-dealkylation sites (N-methyl/N-ethyl adjacent to an activating group) is 1. The van der Waals surface area contributed by atoms with E-state index < -0.39 is 12.0 Å². The van der Waals surface area contributed by atoms with Gasteiger partial charge in [0.25, 0.3) is 0 Å². The summed E-state index contributed by atoms with van der Waals surface area (Å²) in [6.07, 6.45) is 3.39. The standard InChI is InChI=1S/C30H44N8O4/c1-8-19(35-28(39)36-20-11-9-18(10-12-20)29(2,3)4)13-14-37(7)15-21-23-24(42-30(5,6)41-23)27(40-21)38-17-34-22-25(31)32-16-33-26(22)38/h9-12,16-17,19,21,23-24,27H,8,13-15H2,1-7H3,(H2,31,32,33)(H2,35,36,39)/t19?,21-,23-,24-,27-/m1/s1. The van der Waals surface area contributed by atoms with Crippen molar-refractivity contribution in [3.8, 4) is 0 Å². The van der Waals surface area contributed by atoms with Gasteiger partial charge in [-0.25, -0.2) is 19.7 Å². The van der Waals surface area contributed by atoms with Crippen LogP contribution in [0.5, 0.6) is 0 Å². The molecule has 0 radical (unpaired) electrons. The highest BCUT2D eigenvalue weighted by Crippen LogP contribution is 2.44. The average molecular weight is 581 g/mol. The summed E-state index contributed by atoms with van der Waals surface area (Å²) in [6, 6.07) is 7.83. The number of hydrogen-bond acceptors (Lipinski definition) is 9. The highest BCUT2D eigenvalue weighted by molar-refractivity contribution is 5.89. The van der Waals surface area contributed by atoms with E-state index >= 15 is 0 Å². The zero-order chi connectivity index (χ0) is 30.2. The number of urea groups is 1. The lowest BCUT2D eigenvalue weighted by molar-refractivity contribution is -0.197. The van der Waals surface area contributed by atoms with Crippen LogP contribution in [0.15, 0.2) is 36.9 Å². The maximum absolute atomic E-state index is 12.7. The molecule has 0 saturated carbocycles. The molecule has 5 atom stereocenters. The van der Waals surface area contributed by atoms with Crippen LogP contribution in [0.3, 0.4) is 0 Å². The largest absolute Gasteiger partial charge is 0.382 e. The Morgan fingerprint density at radius 1 is 1.14 bits per heavy atom. The van der Waals surface area contributed by atoms with Crippen molar-refractivity contribution in [1.29, 1.82) is 0 Å². The quantitative estimate of drug-likeness (QED) is 0.342. The van der Waals surface area contributed by atoms with Gasteiger partial charge in [0.1, 0.15) is 30.2 Å². The van der Waals surface area contributed by atoms with Crippen molar-refractivity contribution in [1.82, 2.24) is 29.7 Å². The van der Waals surface area contributed by atoms with Crippen LogP contribution in [0.1, 0.15) is 66.2 Å². The molecule has 1 aromatic carbocycles. The molecule has 42 heavy (non-hydrogen) atoms. The molecule has 1 unspecified atom stereocenters. The number of carbonyl (C=O) groups is 1. The number of ether oxygens (including phenoxy) is 3. The van der Waals surface area contributed by atoms with E-state index in [1.54, 1.807) is 6.33 Å².